The Hall–Kier alpha value is -3.72. The van der Waals surface area contributed by atoms with Crippen molar-refractivity contribution in [1.82, 2.24) is 0 Å². The van der Waals surface area contributed by atoms with Crippen LogP contribution in [0.15, 0.2) is 78.1 Å². The second kappa shape index (κ2) is 11.2. The van der Waals surface area contributed by atoms with Crippen LogP contribution in [0.5, 0.6) is 11.5 Å². The van der Waals surface area contributed by atoms with Crippen molar-refractivity contribution in [3.63, 3.8) is 0 Å². The summed E-state index contributed by atoms with van der Waals surface area (Å²) in [5.74, 6) is 0.670. The van der Waals surface area contributed by atoms with Crippen LogP contribution in [0, 0.1) is 27.7 Å². The Labute approximate surface area is 234 Å². The van der Waals surface area contributed by atoms with Gasteiger partial charge in [-0.05, 0) is 115 Å². The lowest BCUT2D eigenvalue weighted by atomic mass is 9.71. The number of aliphatic hydroxyl groups excluding tert-OH is 1. The zero-order chi connectivity index (χ0) is 29.3. The van der Waals surface area contributed by atoms with Crippen LogP contribution in [0.4, 0.5) is 0 Å². The standard InChI is InChI=1S/C36H44O3/c1-11-12-29(13-22(2)21-37)35(7,8)31-18-28(27-14-23(3)33(38)24(4)15-27)19-32(20-31)36(9,10)30-16-25(5)34(39)26(6)17-30/h11-21,37-39H,1-10H3. The minimum Gasteiger partial charge on any atom is -0.515 e. The van der Waals surface area contributed by atoms with E-state index in [1.165, 1.54) is 0 Å². The molecule has 3 heteroatoms. The monoisotopic (exact) mass is 524 g/mol. The lowest BCUT2D eigenvalue weighted by Gasteiger charge is -2.33. The maximum absolute atomic E-state index is 10.4. The minimum absolute atomic E-state index is 0.329. The molecule has 0 unspecified atom stereocenters. The average molecular weight is 525 g/mol. The summed E-state index contributed by atoms with van der Waals surface area (Å²) in [6.07, 6.45) is 7.30. The Bertz CT molecular complexity index is 1430. The number of benzene rings is 3. The summed E-state index contributed by atoms with van der Waals surface area (Å²) in [5.41, 5.74) is 10.1. The lowest BCUT2D eigenvalue weighted by Crippen LogP contribution is -2.24. The van der Waals surface area contributed by atoms with E-state index in [1.807, 2.05) is 65.8 Å². The largest absolute Gasteiger partial charge is 0.515 e. The Morgan fingerprint density at radius 2 is 1.10 bits per heavy atom. The van der Waals surface area contributed by atoms with Crippen LogP contribution in [-0.2, 0) is 10.8 Å². The molecule has 3 aromatic rings. The fraction of sp³-hybridized carbons (Fsp3) is 0.333. The van der Waals surface area contributed by atoms with E-state index in [4.69, 9.17) is 0 Å². The highest BCUT2D eigenvalue weighted by atomic mass is 16.3. The number of phenolic OH excluding ortho intramolecular Hbond substituents is 2. The fourth-order valence-electron chi connectivity index (χ4n) is 5.19. The smallest absolute Gasteiger partial charge is 0.121 e. The van der Waals surface area contributed by atoms with Crippen molar-refractivity contribution >= 4 is 0 Å². The van der Waals surface area contributed by atoms with Gasteiger partial charge in [-0.3, -0.25) is 0 Å². The van der Waals surface area contributed by atoms with Crippen molar-refractivity contribution in [2.75, 3.05) is 0 Å². The second-order valence-electron chi connectivity index (χ2n) is 11.9. The van der Waals surface area contributed by atoms with Gasteiger partial charge >= 0.3 is 0 Å². The highest BCUT2D eigenvalue weighted by Crippen LogP contribution is 2.42. The zero-order valence-electron chi connectivity index (χ0n) is 25.2. The van der Waals surface area contributed by atoms with Crippen LogP contribution in [0.25, 0.3) is 11.1 Å². The van der Waals surface area contributed by atoms with E-state index in [-0.39, 0.29) is 10.8 Å². The first-order chi connectivity index (χ1) is 18.1. The van der Waals surface area contributed by atoms with Gasteiger partial charge in [-0.2, -0.15) is 0 Å². The number of aliphatic hydroxyl groups is 1. The Balaban J connectivity index is 2.38. The number of aromatic hydroxyl groups is 2. The second-order valence-corrected chi connectivity index (χ2v) is 11.9. The van der Waals surface area contributed by atoms with Crippen molar-refractivity contribution in [2.24, 2.45) is 0 Å². The molecule has 3 rings (SSSR count). The Kier molecular flexibility index (Phi) is 8.55. The van der Waals surface area contributed by atoms with Gasteiger partial charge in [0.2, 0.25) is 0 Å². The van der Waals surface area contributed by atoms with Crippen LogP contribution >= 0.6 is 0 Å². The molecule has 3 aromatic carbocycles. The van der Waals surface area contributed by atoms with Crippen LogP contribution in [-0.4, -0.2) is 15.3 Å². The van der Waals surface area contributed by atoms with Crippen LogP contribution in [0.2, 0.25) is 0 Å². The summed E-state index contributed by atoms with van der Waals surface area (Å²) in [5, 5.41) is 30.5. The van der Waals surface area contributed by atoms with E-state index >= 15 is 0 Å². The van der Waals surface area contributed by atoms with E-state index in [9.17, 15) is 15.3 Å². The van der Waals surface area contributed by atoms with Crippen LogP contribution in [0.3, 0.4) is 0 Å². The number of phenols is 2. The minimum atomic E-state index is -0.376. The molecule has 3 N–H and O–H groups in total. The van der Waals surface area contributed by atoms with Crippen LogP contribution in [0.1, 0.15) is 80.5 Å². The van der Waals surface area contributed by atoms with Gasteiger partial charge in [0.05, 0.1) is 6.26 Å². The molecule has 0 saturated carbocycles. The molecule has 0 heterocycles. The molecule has 0 aliphatic carbocycles. The molecule has 0 aromatic heterocycles. The number of allylic oxidation sites excluding steroid dienone is 5. The fourth-order valence-corrected chi connectivity index (χ4v) is 5.19. The van der Waals surface area contributed by atoms with Gasteiger partial charge in [-0.1, -0.05) is 76.3 Å². The Morgan fingerprint density at radius 1 is 0.667 bits per heavy atom. The predicted molar refractivity (Wildman–Crippen MR) is 165 cm³/mol. The molecule has 0 aliphatic rings. The average Bonchev–Trinajstić information content (AvgIpc) is 2.88. The first-order valence-corrected chi connectivity index (χ1v) is 13.6. The first kappa shape index (κ1) is 29.8. The van der Waals surface area contributed by atoms with E-state index in [2.05, 4.69) is 64.1 Å². The van der Waals surface area contributed by atoms with Crippen molar-refractivity contribution < 1.29 is 15.3 Å². The Morgan fingerprint density at radius 3 is 1.59 bits per heavy atom. The molecular formula is C36H44O3. The maximum Gasteiger partial charge on any atom is 0.121 e. The van der Waals surface area contributed by atoms with Crippen LogP contribution < -0.4 is 0 Å². The molecule has 0 saturated heterocycles. The SMILES string of the molecule is CC=CC(=CC(C)=CO)C(C)(C)c1cc(-c2cc(C)c(O)c(C)c2)cc(C(C)(C)c2cc(C)c(O)c(C)c2)c1. The maximum atomic E-state index is 10.4. The third kappa shape index (κ3) is 5.98. The van der Waals surface area contributed by atoms with E-state index in [0.29, 0.717) is 11.5 Å². The van der Waals surface area contributed by atoms with Crippen molar-refractivity contribution in [3.8, 4) is 22.6 Å². The number of rotatable bonds is 7. The normalized spacial score (nSPS) is 13.4. The van der Waals surface area contributed by atoms with Crippen molar-refractivity contribution in [2.45, 2.75) is 80.1 Å². The van der Waals surface area contributed by atoms with Crippen molar-refractivity contribution in [3.05, 3.63) is 117 Å². The molecule has 0 amide bonds. The molecule has 0 atom stereocenters. The third-order valence-electron chi connectivity index (χ3n) is 8.07. The van der Waals surface area contributed by atoms with Gasteiger partial charge in [0.1, 0.15) is 11.5 Å². The molecule has 0 radical (unpaired) electrons. The third-order valence-corrected chi connectivity index (χ3v) is 8.07. The molecule has 0 spiro atoms. The van der Waals surface area contributed by atoms with Gasteiger partial charge in [0, 0.05) is 10.8 Å². The highest BCUT2D eigenvalue weighted by Gasteiger charge is 2.30. The highest BCUT2D eigenvalue weighted by molar-refractivity contribution is 5.70. The van der Waals surface area contributed by atoms with Crippen molar-refractivity contribution in [1.29, 1.82) is 0 Å². The molecule has 206 valence electrons. The van der Waals surface area contributed by atoms with Gasteiger partial charge < -0.3 is 15.3 Å². The summed E-state index contributed by atoms with van der Waals surface area (Å²) >= 11 is 0. The van der Waals surface area contributed by atoms with Gasteiger partial charge in [0.25, 0.3) is 0 Å². The van der Waals surface area contributed by atoms with E-state index < -0.39 is 0 Å². The molecule has 0 bridgehead atoms. The first-order valence-electron chi connectivity index (χ1n) is 13.6. The summed E-state index contributed by atoms with van der Waals surface area (Å²) in [6.45, 7) is 20.5. The molecular weight excluding hydrogens is 480 g/mol. The number of hydrogen-bond donors (Lipinski definition) is 3. The summed E-state index contributed by atoms with van der Waals surface area (Å²) in [6, 6.07) is 15.0. The van der Waals surface area contributed by atoms with E-state index in [1.54, 1.807) is 0 Å². The molecule has 0 fully saturated rings. The lowest BCUT2D eigenvalue weighted by molar-refractivity contribution is 0.465. The summed E-state index contributed by atoms with van der Waals surface area (Å²) in [7, 11) is 0. The van der Waals surface area contributed by atoms with E-state index in [0.717, 1.165) is 67.5 Å². The topological polar surface area (TPSA) is 60.7 Å². The predicted octanol–water partition coefficient (Wildman–Crippen LogP) is 9.57. The number of hydrogen-bond acceptors (Lipinski definition) is 3. The summed E-state index contributed by atoms with van der Waals surface area (Å²) < 4.78 is 0. The van der Waals surface area contributed by atoms with Gasteiger partial charge in [0.15, 0.2) is 0 Å². The zero-order valence-corrected chi connectivity index (χ0v) is 25.2. The molecule has 39 heavy (non-hydrogen) atoms. The van der Waals surface area contributed by atoms with Gasteiger partial charge in [-0.15, -0.1) is 0 Å². The van der Waals surface area contributed by atoms with Gasteiger partial charge in [-0.25, -0.2) is 0 Å². The molecule has 0 aliphatic heterocycles. The molecule has 3 nitrogen and oxygen atoms in total. The number of aryl methyl sites for hydroxylation is 4. The summed E-state index contributed by atoms with van der Waals surface area (Å²) in [4.78, 5) is 0. The quantitative estimate of drug-likeness (QED) is 0.213.